The molecule has 0 bridgehead atoms. The third kappa shape index (κ3) is 2.64. The monoisotopic (exact) mass is 315 g/mol. The first-order valence-electron chi connectivity index (χ1n) is 7.67. The largest absolute Gasteiger partial charge is 0.469 e. The van der Waals surface area contributed by atoms with E-state index in [1.807, 2.05) is 6.92 Å². The zero-order valence-corrected chi connectivity index (χ0v) is 13.2. The average Bonchev–Trinajstić information content (AvgIpc) is 2.94. The van der Waals surface area contributed by atoms with Gasteiger partial charge in [-0.2, -0.15) is 5.26 Å². The summed E-state index contributed by atoms with van der Waals surface area (Å²) in [6.45, 7) is 3.79. The van der Waals surface area contributed by atoms with Gasteiger partial charge in [-0.1, -0.05) is 6.92 Å². The second-order valence-corrected chi connectivity index (χ2v) is 6.25. The molecule has 0 unspecified atom stereocenters. The Morgan fingerprint density at radius 1 is 1.48 bits per heavy atom. The van der Waals surface area contributed by atoms with E-state index in [4.69, 9.17) is 14.7 Å². The maximum Gasteiger partial charge on any atom is 0.189 e. The lowest BCUT2D eigenvalue weighted by Gasteiger charge is -2.35. The van der Waals surface area contributed by atoms with Gasteiger partial charge in [0.2, 0.25) is 0 Å². The van der Waals surface area contributed by atoms with Gasteiger partial charge in [-0.25, -0.2) is 4.39 Å². The summed E-state index contributed by atoms with van der Waals surface area (Å²) in [7, 11) is 0. The van der Waals surface area contributed by atoms with E-state index in [0.717, 1.165) is 0 Å². The summed E-state index contributed by atoms with van der Waals surface area (Å²) in [4.78, 5) is 11.6. The van der Waals surface area contributed by atoms with Gasteiger partial charge >= 0.3 is 0 Å². The van der Waals surface area contributed by atoms with Crippen molar-refractivity contribution in [3.8, 4) is 6.07 Å². The van der Waals surface area contributed by atoms with Crippen LogP contribution in [-0.4, -0.2) is 18.2 Å². The van der Waals surface area contributed by atoms with Crippen molar-refractivity contribution in [3.05, 3.63) is 46.5 Å². The molecular formula is C18H18FNO3. The van der Waals surface area contributed by atoms with Gasteiger partial charge in [-0.15, -0.1) is 0 Å². The average molecular weight is 315 g/mol. The predicted octanol–water partition coefficient (Wildman–Crippen LogP) is 3.17. The number of allylic oxidation sites excluding steroid dienone is 1. The first-order chi connectivity index (χ1) is 11.0. The van der Waals surface area contributed by atoms with Crippen molar-refractivity contribution < 1.29 is 18.7 Å². The number of hydrogen-bond donors (Lipinski definition) is 0. The van der Waals surface area contributed by atoms with E-state index in [9.17, 15) is 9.18 Å². The normalized spacial score (nSPS) is 24.4. The summed E-state index contributed by atoms with van der Waals surface area (Å²) in [5.41, 5.74) is 0.923. The molecule has 1 saturated heterocycles. The molecule has 3 rings (SSSR count). The molecule has 23 heavy (non-hydrogen) atoms. The number of nitrogens with zero attached hydrogens (tertiary/aromatic N) is 1. The minimum Gasteiger partial charge on any atom is -0.469 e. The van der Waals surface area contributed by atoms with Crippen molar-refractivity contribution in [2.45, 2.75) is 38.7 Å². The summed E-state index contributed by atoms with van der Waals surface area (Å²) >= 11 is 0. The van der Waals surface area contributed by atoms with Crippen molar-refractivity contribution in [2.75, 3.05) is 6.79 Å². The smallest absolute Gasteiger partial charge is 0.189 e. The predicted molar refractivity (Wildman–Crippen MR) is 80.8 cm³/mol. The third-order valence-electron chi connectivity index (χ3n) is 4.82. The fourth-order valence-corrected chi connectivity index (χ4v) is 3.40. The van der Waals surface area contributed by atoms with Crippen LogP contribution in [0.3, 0.4) is 0 Å². The highest BCUT2D eigenvalue weighted by Crippen LogP contribution is 2.44. The molecule has 2 aliphatic rings. The van der Waals surface area contributed by atoms with Crippen LogP contribution in [-0.2, 0) is 20.7 Å². The number of fused-ring (bicyclic) bond motifs is 1. The van der Waals surface area contributed by atoms with E-state index in [1.165, 1.54) is 12.1 Å². The van der Waals surface area contributed by atoms with Crippen molar-refractivity contribution in [2.24, 2.45) is 5.92 Å². The minimum absolute atomic E-state index is 0.0293. The molecule has 1 heterocycles. The molecule has 2 atom stereocenters. The lowest BCUT2D eigenvalue weighted by Crippen LogP contribution is -2.41. The van der Waals surface area contributed by atoms with E-state index in [1.54, 1.807) is 13.0 Å². The molecule has 0 saturated carbocycles. The Hall–Kier alpha value is -2.19. The van der Waals surface area contributed by atoms with Crippen LogP contribution in [0.1, 0.15) is 36.5 Å². The molecule has 4 nitrogen and oxygen atoms in total. The third-order valence-corrected chi connectivity index (χ3v) is 4.82. The molecule has 0 aromatic heterocycles. The first-order valence-corrected chi connectivity index (χ1v) is 7.67. The number of rotatable bonds is 3. The molecule has 1 fully saturated rings. The zero-order chi connectivity index (χ0) is 16.6. The standard InChI is InChI=1S/C18H18FNO3/c1-11-5-16(19)13(7-14(11)9-20)6-12(2)18-4-3-15(21)8-17(18)22-10-23-18/h5,7-8,12H,3-4,6,10H2,1-2H3/t12-,18+/m0/s1. The lowest BCUT2D eigenvalue weighted by atomic mass is 9.76. The Bertz CT molecular complexity index is 735. The Morgan fingerprint density at radius 2 is 2.26 bits per heavy atom. The molecule has 0 N–H and O–H groups in total. The number of ether oxygens (including phenoxy) is 2. The first kappa shape index (κ1) is 15.7. The summed E-state index contributed by atoms with van der Waals surface area (Å²) < 4.78 is 25.5. The second kappa shape index (κ2) is 5.78. The highest BCUT2D eigenvalue weighted by molar-refractivity contribution is 5.91. The van der Waals surface area contributed by atoms with Crippen molar-refractivity contribution in [1.29, 1.82) is 5.26 Å². The number of carbonyl (C=O) groups excluding carboxylic acids is 1. The quantitative estimate of drug-likeness (QED) is 0.859. The van der Waals surface area contributed by atoms with E-state index in [2.05, 4.69) is 6.07 Å². The van der Waals surface area contributed by atoms with Crippen LogP contribution in [0.25, 0.3) is 0 Å². The number of nitriles is 1. The molecular weight excluding hydrogens is 297 g/mol. The molecule has 0 amide bonds. The van der Waals surface area contributed by atoms with Crippen LogP contribution in [0.2, 0.25) is 0 Å². The van der Waals surface area contributed by atoms with E-state index in [-0.39, 0.29) is 24.3 Å². The van der Waals surface area contributed by atoms with Gasteiger partial charge in [0, 0.05) is 12.5 Å². The Kier molecular flexibility index (Phi) is 3.95. The van der Waals surface area contributed by atoms with Crippen LogP contribution in [0.15, 0.2) is 24.0 Å². The van der Waals surface area contributed by atoms with Crippen LogP contribution in [0.4, 0.5) is 4.39 Å². The van der Waals surface area contributed by atoms with E-state index < -0.39 is 5.60 Å². The molecule has 1 aromatic rings. The molecule has 1 aliphatic carbocycles. The summed E-state index contributed by atoms with van der Waals surface area (Å²) in [6.07, 6.45) is 2.85. The molecule has 5 heteroatoms. The van der Waals surface area contributed by atoms with Crippen LogP contribution >= 0.6 is 0 Å². The van der Waals surface area contributed by atoms with Crippen LogP contribution < -0.4 is 0 Å². The number of aryl methyl sites for hydroxylation is 1. The van der Waals surface area contributed by atoms with Gasteiger partial charge in [-0.3, -0.25) is 4.79 Å². The Labute approximate surface area is 134 Å². The maximum absolute atomic E-state index is 14.2. The molecule has 1 aromatic carbocycles. The number of ketones is 1. The van der Waals surface area contributed by atoms with Gasteiger partial charge in [0.15, 0.2) is 12.6 Å². The van der Waals surface area contributed by atoms with Gasteiger partial charge in [-0.05, 0) is 48.9 Å². The van der Waals surface area contributed by atoms with Gasteiger partial charge in [0.1, 0.15) is 17.2 Å². The molecule has 120 valence electrons. The summed E-state index contributed by atoms with van der Waals surface area (Å²) in [6, 6.07) is 5.08. The van der Waals surface area contributed by atoms with Crippen LogP contribution in [0, 0.1) is 30.0 Å². The topological polar surface area (TPSA) is 59.3 Å². The minimum atomic E-state index is -0.669. The number of benzene rings is 1. The molecule has 0 radical (unpaired) electrons. The van der Waals surface area contributed by atoms with Crippen molar-refractivity contribution in [1.82, 2.24) is 0 Å². The number of hydrogen-bond acceptors (Lipinski definition) is 4. The van der Waals surface area contributed by atoms with Gasteiger partial charge in [0.05, 0.1) is 11.6 Å². The number of halogens is 1. The van der Waals surface area contributed by atoms with Crippen LogP contribution in [0.5, 0.6) is 0 Å². The highest BCUT2D eigenvalue weighted by Gasteiger charge is 2.49. The second-order valence-electron chi connectivity index (χ2n) is 6.25. The molecule has 0 spiro atoms. The fraction of sp³-hybridized carbons (Fsp3) is 0.444. The van der Waals surface area contributed by atoms with E-state index >= 15 is 0 Å². The SMILES string of the molecule is Cc1cc(F)c(C[C@H](C)[C@]23CCC(=O)C=C2OCO3)cc1C#N. The fourth-order valence-electron chi connectivity index (χ4n) is 3.40. The lowest BCUT2D eigenvalue weighted by molar-refractivity contribution is -0.117. The zero-order valence-electron chi connectivity index (χ0n) is 13.2. The summed E-state index contributed by atoms with van der Waals surface area (Å²) in [5.74, 6) is 0.185. The maximum atomic E-state index is 14.2. The number of carbonyl (C=O) groups is 1. The van der Waals surface area contributed by atoms with Gasteiger partial charge < -0.3 is 9.47 Å². The Balaban J connectivity index is 1.90. The Morgan fingerprint density at radius 3 is 3.00 bits per heavy atom. The van der Waals surface area contributed by atoms with E-state index in [0.29, 0.717) is 41.7 Å². The summed E-state index contributed by atoms with van der Waals surface area (Å²) in [5, 5.41) is 9.13. The molecule has 1 aliphatic heterocycles. The highest BCUT2D eigenvalue weighted by atomic mass is 19.1. The van der Waals surface area contributed by atoms with Crippen molar-refractivity contribution in [3.63, 3.8) is 0 Å². The van der Waals surface area contributed by atoms with Crippen molar-refractivity contribution >= 4 is 5.78 Å². The van der Waals surface area contributed by atoms with Gasteiger partial charge in [0.25, 0.3) is 0 Å².